The van der Waals surface area contributed by atoms with E-state index in [1.54, 1.807) is 0 Å². The molecule has 14 aliphatic rings. The summed E-state index contributed by atoms with van der Waals surface area (Å²) < 4.78 is 111. The van der Waals surface area contributed by atoms with Crippen LogP contribution in [0, 0.1) is 52.3 Å². The average Bonchev–Trinajstić information content (AvgIpc) is 1.51. The van der Waals surface area contributed by atoms with Gasteiger partial charge < -0.3 is 193 Å². The highest BCUT2D eigenvalue weighted by molar-refractivity contribution is 5.16. The molecule has 10 saturated heterocycles. The van der Waals surface area contributed by atoms with Crippen molar-refractivity contribution in [3.63, 3.8) is 0 Å². The Morgan fingerprint density at radius 1 is 0.357 bits per heavy atom. The van der Waals surface area contributed by atoms with E-state index in [0.717, 1.165) is 51.4 Å². The van der Waals surface area contributed by atoms with Gasteiger partial charge in [-0.2, -0.15) is 0 Å². The highest BCUT2D eigenvalue weighted by Gasteiger charge is 2.70. The largest absolute Gasteiger partial charge is 0.394 e. The molecule has 14 fully saturated rings. The lowest BCUT2D eigenvalue weighted by atomic mass is 9.44. The first-order chi connectivity index (χ1) is 53.1. The van der Waals surface area contributed by atoms with Crippen molar-refractivity contribution in [2.45, 2.75) is 357 Å². The number of aliphatic hydroxyl groups is 21. The molecule has 10 heterocycles. The van der Waals surface area contributed by atoms with Crippen LogP contribution in [0.2, 0.25) is 0 Å². The van der Waals surface area contributed by atoms with Gasteiger partial charge in [-0.3, -0.25) is 0 Å². The number of fused-ring (bicyclic) bond motifs is 7. The third kappa shape index (κ3) is 16.1. The lowest BCUT2D eigenvalue weighted by Crippen LogP contribution is -2.68. The predicted molar refractivity (Wildman–Crippen MR) is 364 cm³/mol. The van der Waals surface area contributed by atoms with E-state index >= 15 is 0 Å². The van der Waals surface area contributed by atoms with Crippen molar-refractivity contribution in [2.24, 2.45) is 52.3 Å². The molecule has 4 aliphatic carbocycles. The molecule has 4 saturated carbocycles. The molecule has 0 radical (unpaired) electrons. The second-order valence-electron chi connectivity index (χ2n) is 34.7. The van der Waals surface area contributed by atoms with Crippen molar-refractivity contribution in [1.82, 2.24) is 0 Å². The molecule has 1 spiro atoms. The maximum Gasteiger partial charge on any atom is 0.187 e. The fourth-order valence-corrected chi connectivity index (χ4v) is 21.2. The standard InChI is InChI=1S/C73H120O39/c1-24-9-14-73(99-19-24)25(2)40-35(112-73)16-32-30-8-7-28-15-29(10-12-71(28,5)31(30)11-13-72(32,40)6)102-69-61(51(88)45(82)38(106-69)22-97-63-53(90)48(85)41(78)26(3)100-63)110-70-62(111-65-52(89)43(80)33(76)20-95-65)60(46(83)37(18-75)104-70)109-66-56(93)58(34(77)21-96-66)107-68-57(94)59(108-67-55(92)50(87)44(81)36(17-74)103-67)47(84)39(105-68)23-98-64-54(91)49(86)42(79)27(4)101-64/h24-70,74-94H,7-23H2,1-6H3. The van der Waals surface area contributed by atoms with Crippen LogP contribution in [0.15, 0.2) is 0 Å². The Bertz CT molecular complexity index is 3040. The van der Waals surface area contributed by atoms with E-state index in [0.29, 0.717) is 49.0 Å². The first-order valence-electron chi connectivity index (χ1n) is 39.9. The average molecular weight is 1620 g/mol. The molecule has 39 heteroatoms. The summed E-state index contributed by atoms with van der Waals surface area (Å²) in [7, 11) is 0. The number of hydrogen-bond acceptors (Lipinski definition) is 39. The minimum Gasteiger partial charge on any atom is -0.394 e. The summed E-state index contributed by atoms with van der Waals surface area (Å²) in [5.41, 5.74) is -0.0494. The van der Waals surface area contributed by atoms with Gasteiger partial charge in [0.05, 0.1) is 70.7 Å². The molecule has 50 unspecified atom stereocenters. The normalized spacial score (nSPS) is 57.4. The zero-order valence-electron chi connectivity index (χ0n) is 63.4. The van der Waals surface area contributed by atoms with Gasteiger partial charge in [0.15, 0.2) is 56.1 Å². The Balaban J connectivity index is 0.720. The first-order valence-corrected chi connectivity index (χ1v) is 39.9. The number of aliphatic hydroxyl groups excluding tert-OH is 21. The van der Waals surface area contributed by atoms with E-state index in [1.165, 1.54) is 13.8 Å². The molecule has 0 aromatic heterocycles. The number of hydrogen-bond donors (Lipinski definition) is 21. The van der Waals surface area contributed by atoms with Gasteiger partial charge >= 0.3 is 0 Å². The zero-order chi connectivity index (χ0) is 80.4. The minimum atomic E-state index is -2.29. The summed E-state index contributed by atoms with van der Waals surface area (Å²) in [4.78, 5) is 0. The molecule has 646 valence electrons. The van der Waals surface area contributed by atoms with Gasteiger partial charge in [0.2, 0.25) is 0 Å². The summed E-state index contributed by atoms with van der Waals surface area (Å²) in [5.74, 6) is 1.98. The van der Waals surface area contributed by atoms with Crippen molar-refractivity contribution in [1.29, 1.82) is 0 Å². The summed E-state index contributed by atoms with van der Waals surface area (Å²) in [5, 5.41) is 235. The summed E-state index contributed by atoms with van der Waals surface area (Å²) in [6, 6.07) is 0. The van der Waals surface area contributed by atoms with Gasteiger partial charge in [0, 0.05) is 12.3 Å². The van der Waals surface area contributed by atoms with E-state index in [-0.39, 0.29) is 28.8 Å². The fourth-order valence-electron chi connectivity index (χ4n) is 21.2. The van der Waals surface area contributed by atoms with E-state index < -0.39 is 285 Å². The summed E-state index contributed by atoms with van der Waals surface area (Å²) in [6.45, 7) is 7.97. The maximum atomic E-state index is 12.6. The van der Waals surface area contributed by atoms with E-state index in [4.69, 9.17) is 85.3 Å². The first kappa shape index (κ1) is 86.8. The van der Waals surface area contributed by atoms with Gasteiger partial charge in [0.25, 0.3) is 0 Å². The van der Waals surface area contributed by atoms with Crippen molar-refractivity contribution >= 4 is 0 Å². The van der Waals surface area contributed by atoms with Crippen LogP contribution >= 0.6 is 0 Å². The molecule has 39 nitrogen and oxygen atoms in total. The molecule has 10 aliphatic heterocycles. The second-order valence-corrected chi connectivity index (χ2v) is 34.7. The quantitative estimate of drug-likeness (QED) is 0.0503. The Labute approximate surface area is 646 Å². The zero-order valence-corrected chi connectivity index (χ0v) is 63.4. The maximum absolute atomic E-state index is 12.6. The van der Waals surface area contributed by atoms with Crippen molar-refractivity contribution < 1.29 is 193 Å². The molecule has 0 aromatic carbocycles. The lowest BCUT2D eigenvalue weighted by molar-refractivity contribution is -0.409. The van der Waals surface area contributed by atoms with E-state index in [1.807, 2.05) is 0 Å². The number of ether oxygens (including phenoxy) is 18. The Morgan fingerprint density at radius 2 is 0.848 bits per heavy atom. The van der Waals surface area contributed by atoms with Crippen LogP contribution in [-0.4, -0.2) is 405 Å². The third-order valence-corrected chi connectivity index (χ3v) is 27.9. The minimum absolute atomic E-state index is 0.0672. The molecule has 50 atom stereocenters. The molecule has 0 aromatic rings. The predicted octanol–water partition coefficient (Wildman–Crippen LogP) is -8.28. The Hall–Kier alpha value is -1.56. The van der Waals surface area contributed by atoms with Crippen molar-refractivity contribution in [2.75, 3.05) is 46.2 Å². The van der Waals surface area contributed by atoms with E-state index in [9.17, 15) is 107 Å². The molecular formula is C73H120O39. The van der Waals surface area contributed by atoms with E-state index in [2.05, 4.69) is 27.7 Å². The smallest absolute Gasteiger partial charge is 0.187 e. The summed E-state index contributed by atoms with van der Waals surface area (Å²) >= 11 is 0. The van der Waals surface area contributed by atoms with Gasteiger partial charge in [-0.15, -0.1) is 0 Å². The Kier molecular flexibility index (Phi) is 26.9. The highest BCUT2D eigenvalue weighted by atomic mass is 16.8. The van der Waals surface area contributed by atoms with Gasteiger partial charge in [0.1, 0.15) is 171 Å². The van der Waals surface area contributed by atoms with Crippen molar-refractivity contribution in [3.05, 3.63) is 0 Å². The second kappa shape index (κ2) is 34.8. The van der Waals surface area contributed by atoms with Crippen LogP contribution < -0.4 is 0 Å². The molecule has 14 rings (SSSR count). The van der Waals surface area contributed by atoms with Crippen LogP contribution in [0.4, 0.5) is 0 Å². The molecule has 21 N–H and O–H groups in total. The van der Waals surface area contributed by atoms with Crippen LogP contribution in [0.25, 0.3) is 0 Å². The SMILES string of the molecule is CC1CCC2(OC1)OC1CC3C4CCC5CC(OC6OC(COC7OC(C)C(O)C(O)C7O)C(O)C(O)C6OC6OC(CO)C(O)C(OC7OCC(O)C(OC8OC(COC9OC(C)C(O)C(O)C9O)C(O)C(OC9OC(CO)C(O)C(O)C9O)C8O)C7O)C6OC6OCC(O)C(O)C6O)CCC5(C)C4CCC3(C)C1C2C. The Morgan fingerprint density at radius 3 is 1.49 bits per heavy atom. The van der Waals surface area contributed by atoms with Gasteiger partial charge in [-0.05, 0) is 118 Å². The molecule has 0 amide bonds. The molecular weight excluding hydrogens is 1500 g/mol. The topological polar surface area (TPSA) is 591 Å². The number of rotatable bonds is 20. The van der Waals surface area contributed by atoms with Gasteiger partial charge in [-0.25, -0.2) is 0 Å². The fraction of sp³-hybridized carbons (Fsp3) is 1.00. The van der Waals surface area contributed by atoms with Crippen LogP contribution in [0.5, 0.6) is 0 Å². The monoisotopic (exact) mass is 1620 g/mol. The van der Waals surface area contributed by atoms with Crippen LogP contribution in [0.1, 0.15) is 106 Å². The van der Waals surface area contributed by atoms with Crippen LogP contribution in [0.3, 0.4) is 0 Å². The summed E-state index contributed by atoms with van der Waals surface area (Å²) in [6.07, 6.45) is -62.9. The van der Waals surface area contributed by atoms with Gasteiger partial charge in [-0.1, -0.05) is 27.7 Å². The highest BCUT2D eigenvalue weighted by Crippen LogP contribution is 2.72. The molecule has 112 heavy (non-hydrogen) atoms. The van der Waals surface area contributed by atoms with Crippen molar-refractivity contribution in [3.8, 4) is 0 Å². The lowest BCUT2D eigenvalue weighted by Gasteiger charge is -2.61. The third-order valence-electron chi connectivity index (χ3n) is 27.9. The molecule has 0 bridgehead atoms. The van der Waals surface area contributed by atoms with Crippen LogP contribution in [-0.2, 0) is 85.3 Å².